The zero-order valence-electron chi connectivity index (χ0n) is 8.71. The summed E-state index contributed by atoms with van der Waals surface area (Å²) in [6.07, 6.45) is 3.14. The van der Waals surface area contributed by atoms with Gasteiger partial charge in [-0.15, -0.1) is 23.2 Å². The van der Waals surface area contributed by atoms with Gasteiger partial charge in [-0.1, -0.05) is 20.3 Å². The molecular weight excluding hydrogens is 239 g/mol. The van der Waals surface area contributed by atoms with Gasteiger partial charge >= 0.3 is 0 Å². The number of hydrogen-bond donors (Lipinski definition) is 0. The quantitative estimate of drug-likeness (QED) is 0.710. The summed E-state index contributed by atoms with van der Waals surface area (Å²) in [7, 11) is -0.780. The summed E-state index contributed by atoms with van der Waals surface area (Å²) in [6, 6.07) is 0. The minimum Gasteiger partial charge on any atom is -0.259 e. The van der Waals surface area contributed by atoms with Crippen LogP contribution in [-0.4, -0.2) is 26.0 Å². The van der Waals surface area contributed by atoms with E-state index in [1.807, 2.05) is 13.8 Å². The van der Waals surface area contributed by atoms with Gasteiger partial charge in [0.15, 0.2) is 0 Å². The van der Waals surface area contributed by atoms with Crippen LogP contribution in [0.25, 0.3) is 0 Å². The highest BCUT2D eigenvalue weighted by Crippen LogP contribution is 2.33. The first-order chi connectivity index (χ1) is 6.52. The van der Waals surface area contributed by atoms with Crippen LogP contribution in [0.15, 0.2) is 0 Å². The second-order valence-corrected chi connectivity index (χ2v) is 7.38. The van der Waals surface area contributed by atoms with Crippen LogP contribution in [0.1, 0.15) is 33.1 Å². The van der Waals surface area contributed by atoms with E-state index in [1.54, 1.807) is 0 Å². The Kier molecular flexibility index (Phi) is 5.22. The van der Waals surface area contributed by atoms with E-state index >= 15 is 0 Å². The normalized spacial score (nSPS) is 35.9. The van der Waals surface area contributed by atoms with E-state index in [-0.39, 0.29) is 21.9 Å². The first kappa shape index (κ1) is 12.8. The number of rotatable bonds is 3. The first-order valence-corrected chi connectivity index (χ1v) is 7.43. The molecule has 3 atom stereocenters. The molecule has 0 aromatic heterocycles. The van der Waals surface area contributed by atoms with Gasteiger partial charge in [0, 0.05) is 38.5 Å². The lowest BCUT2D eigenvalue weighted by Crippen LogP contribution is -2.35. The molecule has 0 radical (unpaired) electrons. The Morgan fingerprint density at radius 3 is 2.21 bits per heavy atom. The SMILES string of the molecule is CC(C)S(=O)CC1C(Cl)CCCC1Cl. The molecule has 0 aromatic carbocycles. The molecule has 1 aliphatic carbocycles. The van der Waals surface area contributed by atoms with Crippen LogP contribution in [-0.2, 0) is 10.8 Å². The number of halogens is 2. The highest BCUT2D eigenvalue weighted by molar-refractivity contribution is 7.85. The van der Waals surface area contributed by atoms with Gasteiger partial charge in [-0.05, 0) is 12.8 Å². The summed E-state index contributed by atoms with van der Waals surface area (Å²) >= 11 is 12.4. The Bertz CT molecular complexity index is 198. The predicted molar refractivity (Wildman–Crippen MR) is 64.8 cm³/mol. The van der Waals surface area contributed by atoms with Crippen LogP contribution in [0.5, 0.6) is 0 Å². The van der Waals surface area contributed by atoms with Gasteiger partial charge in [0.25, 0.3) is 0 Å². The van der Waals surface area contributed by atoms with E-state index in [0.717, 1.165) is 19.3 Å². The van der Waals surface area contributed by atoms with Crippen molar-refractivity contribution in [2.24, 2.45) is 5.92 Å². The first-order valence-electron chi connectivity index (χ1n) is 5.17. The van der Waals surface area contributed by atoms with Crippen LogP contribution in [0.4, 0.5) is 0 Å². The molecule has 1 saturated carbocycles. The van der Waals surface area contributed by atoms with Crippen LogP contribution >= 0.6 is 23.2 Å². The molecule has 0 bridgehead atoms. The highest BCUT2D eigenvalue weighted by Gasteiger charge is 2.32. The molecule has 0 aromatic rings. The van der Waals surface area contributed by atoms with E-state index in [9.17, 15) is 4.21 Å². The monoisotopic (exact) mass is 256 g/mol. The van der Waals surface area contributed by atoms with Crippen molar-refractivity contribution >= 4 is 34.0 Å². The third-order valence-corrected chi connectivity index (χ3v) is 5.62. The Morgan fingerprint density at radius 1 is 1.29 bits per heavy atom. The molecule has 14 heavy (non-hydrogen) atoms. The molecule has 1 aliphatic rings. The molecule has 1 fully saturated rings. The molecule has 0 amide bonds. The van der Waals surface area contributed by atoms with Crippen molar-refractivity contribution in [1.29, 1.82) is 0 Å². The summed E-state index contributed by atoms with van der Waals surface area (Å²) in [5.41, 5.74) is 0. The van der Waals surface area contributed by atoms with Gasteiger partial charge in [0.05, 0.1) is 0 Å². The van der Waals surface area contributed by atoms with Crippen molar-refractivity contribution < 1.29 is 4.21 Å². The van der Waals surface area contributed by atoms with Gasteiger partial charge in [-0.3, -0.25) is 4.21 Å². The molecular formula is C10H18Cl2OS. The lowest BCUT2D eigenvalue weighted by Gasteiger charge is -2.31. The van der Waals surface area contributed by atoms with Crippen molar-refractivity contribution in [3.05, 3.63) is 0 Å². The Morgan fingerprint density at radius 2 is 1.79 bits per heavy atom. The van der Waals surface area contributed by atoms with Gasteiger partial charge in [-0.2, -0.15) is 0 Å². The molecule has 0 N–H and O–H groups in total. The molecule has 84 valence electrons. The number of alkyl halides is 2. The highest BCUT2D eigenvalue weighted by atomic mass is 35.5. The minimum atomic E-state index is -0.780. The van der Waals surface area contributed by atoms with E-state index in [1.165, 1.54) is 0 Å². The predicted octanol–water partition coefficient (Wildman–Crippen LogP) is 3.16. The molecule has 0 spiro atoms. The van der Waals surface area contributed by atoms with Crippen molar-refractivity contribution in [1.82, 2.24) is 0 Å². The summed E-state index contributed by atoms with van der Waals surface area (Å²) in [5, 5.41) is 0.451. The standard InChI is InChI=1S/C10H18Cl2OS/c1-7(2)14(13)6-8-9(11)4-3-5-10(8)12/h7-10H,3-6H2,1-2H3. The van der Waals surface area contributed by atoms with Crippen molar-refractivity contribution in [2.45, 2.75) is 49.1 Å². The molecule has 0 aliphatic heterocycles. The maximum absolute atomic E-state index is 11.7. The van der Waals surface area contributed by atoms with E-state index < -0.39 is 10.8 Å². The van der Waals surface area contributed by atoms with Crippen molar-refractivity contribution in [3.63, 3.8) is 0 Å². The third-order valence-electron chi connectivity index (χ3n) is 2.77. The molecule has 1 rings (SSSR count). The number of hydrogen-bond acceptors (Lipinski definition) is 1. The molecule has 3 unspecified atom stereocenters. The summed E-state index contributed by atoms with van der Waals surface area (Å²) in [6.45, 7) is 3.96. The average Bonchev–Trinajstić information content (AvgIpc) is 2.11. The summed E-state index contributed by atoms with van der Waals surface area (Å²) < 4.78 is 11.7. The zero-order chi connectivity index (χ0) is 10.7. The van der Waals surface area contributed by atoms with E-state index in [2.05, 4.69) is 0 Å². The lowest BCUT2D eigenvalue weighted by atomic mass is 9.90. The second-order valence-electron chi connectivity index (χ2n) is 4.22. The smallest absolute Gasteiger partial charge is 0.0387 e. The van der Waals surface area contributed by atoms with Crippen molar-refractivity contribution in [3.8, 4) is 0 Å². The van der Waals surface area contributed by atoms with Gasteiger partial charge in [-0.25, -0.2) is 0 Å². The van der Waals surface area contributed by atoms with Crippen LogP contribution in [0.2, 0.25) is 0 Å². The zero-order valence-corrected chi connectivity index (χ0v) is 11.0. The van der Waals surface area contributed by atoms with Crippen LogP contribution in [0, 0.1) is 5.92 Å². The fourth-order valence-electron chi connectivity index (χ4n) is 1.75. The fourth-order valence-corrected chi connectivity index (χ4v) is 4.11. The molecule has 1 nitrogen and oxygen atoms in total. The van der Waals surface area contributed by atoms with Gasteiger partial charge in [0.2, 0.25) is 0 Å². The van der Waals surface area contributed by atoms with Crippen LogP contribution < -0.4 is 0 Å². The van der Waals surface area contributed by atoms with Crippen LogP contribution in [0.3, 0.4) is 0 Å². The Balaban J connectivity index is 2.52. The maximum Gasteiger partial charge on any atom is 0.0387 e. The average molecular weight is 257 g/mol. The van der Waals surface area contributed by atoms with Crippen molar-refractivity contribution in [2.75, 3.05) is 5.75 Å². The summed E-state index contributed by atoms with van der Waals surface area (Å²) in [4.78, 5) is 0. The largest absolute Gasteiger partial charge is 0.259 e. The van der Waals surface area contributed by atoms with E-state index in [0.29, 0.717) is 5.75 Å². The Hall–Kier alpha value is 0.730. The topological polar surface area (TPSA) is 17.1 Å². The van der Waals surface area contributed by atoms with Gasteiger partial charge in [0.1, 0.15) is 0 Å². The second kappa shape index (κ2) is 5.72. The van der Waals surface area contributed by atoms with E-state index in [4.69, 9.17) is 23.2 Å². The third kappa shape index (κ3) is 3.39. The molecule has 0 heterocycles. The molecule has 0 saturated heterocycles. The Labute approximate surface area is 99.0 Å². The fraction of sp³-hybridized carbons (Fsp3) is 1.00. The summed E-state index contributed by atoms with van der Waals surface area (Å²) in [5.74, 6) is 0.898. The minimum absolute atomic E-state index is 0.119. The molecule has 4 heteroatoms. The van der Waals surface area contributed by atoms with Gasteiger partial charge < -0.3 is 0 Å². The maximum atomic E-state index is 11.7. The lowest BCUT2D eigenvalue weighted by molar-refractivity contribution is 0.402.